The molecular weight excluding hydrogens is 789 g/mol. The third kappa shape index (κ3) is 7.04. The van der Waals surface area contributed by atoms with Gasteiger partial charge in [-0.15, -0.1) is 0 Å². The van der Waals surface area contributed by atoms with Crippen LogP contribution in [0.15, 0.2) is 247 Å². The van der Waals surface area contributed by atoms with E-state index in [2.05, 4.69) is 240 Å². The van der Waals surface area contributed by atoms with Gasteiger partial charge < -0.3 is 14.2 Å². The number of furan rings is 1. The molecule has 11 aromatic rings. The van der Waals surface area contributed by atoms with Crippen molar-refractivity contribution in [2.24, 2.45) is 0 Å². The molecule has 3 heteroatoms. The fourth-order valence-electron chi connectivity index (χ4n) is 9.84. The number of para-hydroxylation sites is 5. The first kappa shape index (κ1) is 38.3. The quantitative estimate of drug-likeness (QED) is 0.166. The minimum atomic E-state index is 0.763. The molecule has 1 aliphatic heterocycles. The van der Waals surface area contributed by atoms with Crippen LogP contribution in [-0.2, 0) is 12.8 Å². The van der Waals surface area contributed by atoms with Gasteiger partial charge in [-0.2, -0.15) is 0 Å². The monoisotopic (exact) mass is 832 g/mol. The van der Waals surface area contributed by atoms with Crippen molar-refractivity contribution in [1.29, 1.82) is 0 Å². The highest BCUT2D eigenvalue weighted by atomic mass is 16.3. The van der Waals surface area contributed by atoms with E-state index in [0.717, 1.165) is 68.7 Å². The van der Waals surface area contributed by atoms with Crippen LogP contribution < -0.4 is 9.80 Å². The van der Waals surface area contributed by atoms with Crippen LogP contribution >= 0.6 is 0 Å². The lowest BCUT2D eigenvalue weighted by Gasteiger charge is -2.29. The molecule has 0 aliphatic carbocycles. The molecule has 308 valence electrons. The topological polar surface area (TPSA) is 19.6 Å². The van der Waals surface area contributed by atoms with Crippen molar-refractivity contribution in [3.05, 3.63) is 265 Å². The zero-order valence-corrected chi connectivity index (χ0v) is 35.8. The Labute approximate surface area is 379 Å². The molecule has 0 bridgehead atoms. The van der Waals surface area contributed by atoms with E-state index in [-0.39, 0.29) is 0 Å². The number of benzene rings is 10. The number of fused-ring (bicyclic) bond motifs is 8. The van der Waals surface area contributed by atoms with E-state index < -0.39 is 0 Å². The normalized spacial score (nSPS) is 12.2. The predicted molar refractivity (Wildman–Crippen MR) is 271 cm³/mol. The highest BCUT2D eigenvalue weighted by Gasteiger charge is 2.24. The van der Waals surface area contributed by atoms with Gasteiger partial charge in [0.15, 0.2) is 0 Å². The smallest absolute Gasteiger partial charge is 0.143 e. The Morgan fingerprint density at radius 1 is 0.338 bits per heavy atom. The van der Waals surface area contributed by atoms with Crippen molar-refractivity contribution < 1.29 is 4.42 Å². The summed E-state index contributed by atoms with van der Waals surface area (Å²) >= 11 is 0. The first-order valence-electron chi connectivity index (χ1n) is 22.4. The molecule has 2 heterocycles. The van der Waals surface area contributed by atoms with Gasteiger partial charge in [0.1, 0.15) is 11.2 Å². The highest BCUT2D eigenvalue weighted by molar-refractivity contribution is 6.09. The number of rotatable bonds is 6. The summed E-state index contributed by atoms with van der Waals surface area (Å²) in [4.78, 5) is 4.85. The Balaban J connectivity index is 1.02. The average Bonchev–Trinajstić information content (AvgIpc) is 3.75. The third-order valence-corrected chi connectivity index (χ3v) is 13.0. The Hall–Kier alpha value is -8.40. The maximum atomic E-state index is 6.48. The lowest BCUT2D eigenvalue weighted by atomic mass is 9.89. The molecule has 0 saturated heterocycles. The third-order valence-electron chi connectivity index (χ3n) is 13.0. The molecule has 1 aliphatic rings. The van der Waals surface area contributed by atoms with E-state index in [1.165, 1.54) is 55.9 Å². The van der Waals surface area contributed by atoms with Gasteiger partial charge in [0.25, 0.3) is 0 Å². The summed E-state index contributed by atoms with van der Waals surface area (Å²) < 4.78 is 6.48. The summed E-state index contributed by atoms with van der Waals surface area (Å²) in [6, 6.07) is 87.9. The maximum absolute atomic E-state index is 6.48. The highest BCUT2D eigenvalue weighted by Crippen LogP contribution is 2.45. The molecule has 0 atom stereocenters. The molecule has 0 unspecified atom stereocenters. The predicted octanol–water partition coefficient (Wildman–Crippen LogP) is 17.0. The molecule has 0 N–H and O–H groups in total. The molecule has 0 radical (unpaired) electrons. The molecule has 10 aromatic carbocycles. The zero-order chi connectivity index (χ0) is 43.1. The molecule has 0 spiro atoms. The minimum Gasteiger partial charge on any atom is -0.455 e. The molecule has 3 nitrogen and oxygen atoms in total. The van der Waals surface area contributed by atoms with Crippen molar-refractivity contribution >= 4 is 56.1 Å². The molecule has 12 rings (SSSR count). The Kier molecular flexibility index (Phi) is 9.65. The van der Waals surface area contributed by atoms with E-state index in [4.69, 9.17) is 4.42 Å². The van der Waals surface area contributed by atoms with E-state index >= 15 is 0 Å². The van der Waals surface area contributed by atoms with Crippen molar-refractivity contribution in [3.63, 3.8) is 0 Å². The van der Waals surface area contributed by atoms with Crippen molar-refractivity contribution in [1.82, 2.24) is 0 Å². The summed E-state index contributed by atoms with van der Waals surface area (Å²) in [6.45, 7) is 0. The van der Waals surface area contributed by atoms with Crippen LogP contribution in [0.1, 0.15) is 22.3 Å². The van der Waals surface area contributed by atoms with E-state index in [1.807, 2.05) is 12.1 Å². The van der Waals surface area contributed by atoms with Gasteiger partial charge in [0, 0.05) is 63.3 Å². The lowest BCUT2D eigenvalue weighted by molar-refractivity contribution is 0.670. The molecule has 1 aromatic heterocycles. The van der Waals surface area contributed by atoms with Crippen molar-refractivity contribution in [2.45, 2.75) is 12.8 Å². The fraction of sp³-hybridized carbons (Fsp3) is 0.0323. The lowest BCUT2D eigenvalue weighted by Crippen LogP contribution is -2.14. The van der Waals surface area contributed by atoms with Crippen LogP contribution in [0.3, 0.4) is 0 Å². The average molecular weight is 833 g/mol. The van der Waals surface area contributed by atoms with Gasteiger partial charge in [0.05, 0.1) is 0 Å². The summed E-state index contributed by atoms with van der Waals surface area (Å²) in [5.41, 5.74) is 20.7. The van der Waals surface area contributed by atoms with E-state index in [1.54, 1.807) is 0 Å². The number of anilines is 6. The summed E-state index contributed by atoms with van der Waals surface area (Å²) in [5, 5.41) is 2.26. The van der Waals surface area contributed by atoms with Gasteiger partial charge in [-0.1, -0.05) is 176 Å². The van der Waals surface area contributed by atoms with E-state index in [0.29, 0.717) is 0 Å². The molecule has 0 fully saturated rings. The first-order chi connectivity index (χ1) is 32.2. The molecule has 0 amide bonds. The number of hydrogen-bond donors (Lipinski definition) is 0. The standard InChI is InChI=1S/C62H44N2O/c1-3-16-43(17-4-1)44-30-35-51(36-31-44)63(52-37-32-45(33-38-52)55-25-15-26-57-56-24-11-14-29-61(56)65-62(55)57)53-39-34-47-41-49-20-9-13-28-60(49)64(50-21-5-2-6-22-50)59-27-12-8-19-48(59)40-46-18-7-10-23-54(46)58(47)42-53/h1-39,42H,40-41H2. The van der Waals surface area contributed by atoms with Crippen LogP contribution in [0.5, 0.6) is 0 Å². The SMILES string of the molecule is c1ccc(-c2ccc(N(c3ccc(-c4cccc5c4oc4ccccc45)cc3)c3ccc4c(c3)-c3ccccc3Cc3ccccc3N(c3ccccc3)c3ccccc3C4)cc2)cc1. The molecular formula is C62H44N2O. The summed E-state index contributed by atoms with van der Waals surface area (Å²) in [7, 11) is 0. The minimum absolute atomic E-state index is 0.763. The van der Waals surface area contributed by atoms with Gasteiger partial charge >= 0.3 is 0 Å². The van der Waals surface area contributed by atoms with Gasteiger partial charge in [-0.25, -0.2) is 0 Å². The van der Waals surface area contributed by atoms with Gasteiger partial charge in [-0.05, 0) is 117 Å². The molecule has 0 saturated carbocycles. The Bertz CT molecular complexity index is 3480. The second kappa shape index (κ2) is 16.4. The number of hydrogen-bond acceptors (Lipinski definition) is 3. The fourth-order valence-corrected chi connectivity index (χ4v) is 9.84. The van der Waals surface area contributed by atoms with Crippen LogP contribution in [0, 0.1) is 0 Å². The van der Waals surface area contributed by atoms with Crippen LogP contribution in [0.4, 0.5) is 34.1 Å². The first-order valence-corrected chi connectivity index (χ1v) is 22.4. The number of nitrogens with zero attached hydrogens (tertiary/aromatic N) is 2. The summed E-state index contributed by atoms with van der Waals surface area (Å²) in [5.74, 6) is 0. The largest absolute Gasteiger partial charge is 0.455 e. The van der Waals surface area contributed by atoms with Crippen LogP contribution in [0.2, 0.25) is 0 Å². The van der Waals surface area contributed by atoms with Crippen LogP contribution in [0.25, 0.3) is 55.3 Å². The zero-order valence-electron chi connectivity index (χ0n) is 35.8. The summed E-state index contributed by atoms with van der Waals surface area (Å²) in [6.07, 6.45) is 1.55. The van der Waals surface area contributed by atoms with Crippen molar-refractivity contribution in [3.8, 4) is 33.4 Å². The van der Waals surface area contributed by atoms with E-state index in [9.17, 15) is 0 Å². The second-order valence-corrected chi connectivity index (χ2v) is 16.9. The second-order valence-electron chi connectivity index (χ2n) is 16.9. The maximum Gasteiger partial charge on any atom is 0.143 e. The van der Waals surface area contributed by atoms with Crippen molar-refractivity contribution in [2.75, 3.05) is 9.80 Å². The Morgan fingerprint density at radius 3 is 1.55 bits per heavy atom. The Morgan fingerprint density at radius 2 is 0.846 bits per heavy atom. The van der Waals surface area contributed by atoms with Gasteiger partial charge in [0.2, 0.25) is 0 Å². The van der Waals surface area contributed by atoms with Crippen LogP contribution in [-0.4, -0.2) is 0 Å². The molecule has 65 heavy (non-hydrogen) atoms. The van der Waals surface area contributed by atoms with Gasteiger partial charge in [-0.3, -0.25) is 0 Å².